The molecule has 24 heavy (non-hydrogen) atoms. The summed E-state index contributed by atoms with van der Waals surface area (Å²) in [5, 5.41) is 5.22. The second-order valence-electron chi connectivity index (χ2n) is 4.98. The first-order valence-electron chi connectivity index (χ1n) is 7.59. The number of anilines is 1. The van der Waals surface area contributed by atoms with Crippen LogP contribution in [0, 0.1) is 0 Å². The second kappa shape index (κ2) is 8.57. The number of nitrogens with one attached hydrogen (secondary N) is 2. The summed E-state index contributed by atoms with van der Waals surface area (Å²) in [5.41, 5.74) is 0.632. The quantitative estimate of drug-likeness (QED) is 0.819. The van der Waals surface area contributed by atoms with Gasteiger partial charge in [0.1, 0.15) is 17.2 Å². The van der Waals surface area contributed by atoms with Crippen molar-refractivity contribution in [3.05, 3.63) is 48.5 Å². The highest BCUT2D eigenvalue weighted by molar-refractivity contribution is 5.94. The van der Waals surface area contributed by atoms with E-state index in [1.165, 1.54) is 0 Å². The summed E-state index contributed by atoms with van der Waals surface area (Å²) in [6.07, 6.45) is 0.352. The summed E-state index contributed by atoms with van der Waals surface area (Å²) in [5.74, 6) is 1.66. The van der Waals surface area contributed by atoms with E-state index in [1.807, 2.05) is 24.3 Å². The van der Waals surface area contributed by atoms with Crippen LogP contribution in [-0.2, 0) is 9.59 Å². The third-order valence-corrected chi connectivity index (χ3v) is 3.20. The Morgan fingerprint density at radius 3 is 1.96 bits per heavy atom. The van der Waals surface area contributed by atoms with E-state index in [0.717, 1.165) is 5.75 Å². The van der Waals surface area contributed by atoms with Gasteiger partial charge in [0.2, 0.25) is 11.8 Å². The fraction of sp³-hybridized carbons (Fsp3) is 0.222. The second-order valence-corrected chi connectivity index (χ2v) is 4.98. The molecular weight excluding hydrogens is 308 g/mol. The molecule has 0 aromatic heterocycles. The van der Waals surface area contributed by atoms with Gasteiger partial charge in [-0.25, -0.2) is 0 Å². The molecule has 0 atom stereocenters. The smallest absolute Gasteiger partial charge is 0.243 e. The molecular formula is C18H20N2O4. The lowest BCUT2D eigenvalue weighted by Crippen LogP contribution is -2.32. The lowest BCUT2D eigenvalue weighted by Gasteiger charge is -2.09. The molecule has 126 valence electrons. The average Bonchev–Trinajstić information content (AvgIpc) is 2.62. The molecule has 0 saturated heterocycles. The molecule has 6 heteroatoms. The molecule has 2 aromatic rings. The van der Waals surface area contributed by atoms with Crippen LogP contribution in [0.25, 0.3) is 0 Å². The Morgan fingerprint density at radius 2 is 1.42 bits per heavy atom. The number of hydrogen-bond donors (Lipinski definition) is 2. The predicted octanol–water partition coefficient (Wildman–Crippen LogP) is 2.95. The summed E-state index contributed by atoms with van der Waals surface area (Å²) in [7, 11) is 1.61. The van der Waals surface area contributed by atoms with Crippen molar-refractivity contribution < 1.29 is 19.1 Å². The number of rotatable bonds is 7. The molecule has 0 radical (unpaired) electrons. The van der Waals surface area contributed by atoms with Crippen molar-refractivity contribution in [1.82, 2.24) is 5.32 Å². The number of methoxy groups -OCH3 is 1. The molecule has 2 N–H and O–H groups in total. The highest BCUT2D eigenvalue weighted by Crippen LogP contribution is 2.24. The Kier molecular flexibility index (Phi) is 6.19. The minimum absolute atomic E-state index is 0.0449. The molecule has 6 nitrogen and oxygen atoms in total. The largest absolute Gasteiger partial charge is 0.497 e. The zero-order valence-corrected chi connectivity index (χ0v) is 13.7. The van der Waals surface area contributed by atoms with E-state index in [2.05, 4.69) is 10.6 Å². The average molecular weight is 328 g/mol. The molecule has 2 amide bonds. The zero-order valence-electron chi connectivity index (χ0n) is 13.7. The van der Waals surface area contributed by atoms with Gasteiger partial charge in [0.05, 0.1) is 13.7 Å². The molecule has 2 rings (SSSR count). The zero-order chi connectivity index (χ0) is 17.4. The van der Waals surface area contributed by atoms with Gasteiger partial charge in [0, 0.05) is 12.1 Å². The number of hydrogen-bond acceptors (Lipinski definition) is 4. The lowest BCUT2D eigenvalue weighted by atomic mass is 10.3. The fourth-order valence-corrected chi connectivity index (χ4v) is 1.90. The molecule has 0 fully saturated rings. The van der Waals surface area contributed by atoms with Gasteiger partial charge in [-0.3, -0.25) is 9.59 Å². The molecule has 0 aliphatic rings. The van der Waals surface area contributed by atoms with Crippen LogP contribution in [-0.4, -0.2) is 25.5 Å². The predicted molar refractivity (Wildman–Crippen MR) is 91.4 cm³/mol. The minimum Gasteiger partial charge on any atom is -0.497 e. The summed E-state index contributed by atoms with van der Waals surface area (Å²) >= 11 is 0. The lowest BCUT2D eigenvalue weighted by molar-refractivity contribution is -0.123. The van der Waals surface area contributed by atoms with Crippen LogP contribution < -0.4 is 20.1 Å². The molecule has 0 spiro atoms. The number of ether oxygens (including phenoxy) is 2. The summed E-state index contributed by atoms with van der Waals surface area (Å²) in [6.45, 7) is 1.69. The topological polar surface area (TPSA) is 76.7 Å². The van der Waals surface area contributed by atoms with E-state index in [9.17, 15) is 9.59 Å². The van der Waals surface area contributed by atoms with E-state index >= 15 is 0 Å². The summed E-state index contributed by atoms with van der Waals surface area (Å²) < 4.78 is 10.8. The molecule has 0 heterocycles. The molecule has 0 unspecified atom stereocenters. The first-order chi connectivity index (χ1) is 11.6. The van der Waals surface area contributed by atoms with Gasteiger partial charge < -0.3 is 20.1 Å². The monoisotopic (exact) mass is 328 g/mol. The molecule has 0 bridgehead atoms. The number of carbonyl (C=O) groups is 2. The van der Waals surface area contributed by atoms with Gasteiger partial charge in [-0.05, 0) is 48.5 Å². The summed E-state index contributed by atoms with van der Waals surface area (Å²) in [4.78, 5) is 22.8. The Bertz CT molecular complexity index is 681. The van der Waals surface area contributed by atoms with E-state index in [0.29, 0.717) is 23.6 Å². The normalized spacial score (nSPS) is 9.92. The van der Waals surface area contributed by atoms with Crippen LogP contribution in [0.5, 0.6) is 17.2 Å². The van der Waals surface area contributed by atoms with Crippen LogP contribution in [0.2, 0.25) is 0 Å². The molecule has 2 aromatic carbocycles. The van der Waals surface area contributed by atoms with Gasteiger partial charge in [-0.1, -0.05) is 6.92 Å². The van der Waals surface area contributed by atoms with Crippen molar-refractivity contribution in [3.63, 3.8) is 0 Å². The van der Waals surface area contributed by atoms with Crippen molar-refractivity contribution in [1.29, 1.82) is 0 Å². The highest BCUT2D eigenvalue weighted by atomic mass is 16.5. The van der Waals surface area contributed by atoms with Gasteiger partial charge in [-0.2, -0.15) is 0 Å². The maximum absolute atomic E-state index is 11.7. The van der Waals surface area contributed by atoms with Gasteiger partial charge in [0.25, 0.3) is 0 Å². The minimum atomic E-state index is -0.277. The first-order valence-corrected chi connectivity index (χ1v) is 7.59. The van der Waals surface area contributed by atoms with Crippen molar-refractivity contribution in [3.8, 4) is 17.2 Å². The maximum atomic E-state index is 11.7. The van der Waals surface area contributed by atoms with Crippen LogP contribution in [0.4, 0.5) is 5.69 Å². The third-order valence-electron chi connectivity index (χ3n) is 3.20. The van der Waals surface area contributed by atoms with E-state index < -0.39 is 0 Å². The Balaban J connectivity index is 1.87. The Hall–Kier alpha value is -3.02. The number of amides is 2. The first kappa shape index (κ1) is 17.3. The van der Waals surface area contributed by atoms with Crippen LogP contribution in [0.15, 0.2) is 48.5 Å². The third kappa shape index (κ3) is 5.31. The van der Waals surface area contributed by atoms with Gasteiger partial charge in [0.15, 0.2) is 0 Å². The number of benzene rings is 2. The molecule has 0 saturated carbocycles. The molecule has 0 aliphatic heterocycles. The van der Waals surface area contributed by atoms with Crippen molar-refractivity contribution in [2.24, 2.45) is 0 Å². The summed E-state index contributed by atoms with van der Waals surface area (Å²) in [6, 6.07) is 14.2. The van der Waals surface area contributed by atoms with Gasteiger partial charge >= 0.3 is 0 Å². The molecule has 0 aliphatic carbocycles. The number of carbonyl (C=O) groups excluding carboxylic acids is 2. The fourth-order valence-electron chi connectivity index (χ4n) is 1.90. The standard InChI is InChI=1S/C18H20N2O4/c1-3-17(21)19-12-18(22)20-13-4-6-15(7-5-13)24-16-10-8-14(23-2)9-11-16/h4-11H,3,12H2,1-2H3,(H,19,21)(H,20,22). The van der Waals surface area contributed by atoms with E-state index in [4.69, 9.17) is 9.47 Å². The van der Waals surface area contributed by atoms with Gasteiger partial charge in [-0.15, -0.1) is 0 Å². The SMILES string of the molecule is CCC(=O)NCC(=O)Nc1ccc(Oc2ccc(OC)cc2)cc1. The van der Waals surface area contributed by atoms with E-state index in [-0.39, 0.29) is 18.4 Å². The van der Waals surface area contributed by atoms with Crippen molar-refractivity contribution in [2.45, 2.75) is 13.3 Å². The van der Waals surface area contributed by atoms with Crippen molar-refractivity contribution in [2.75, 3.05) is 19.0 Å². The van der Waals surface area contributed by atoms with Crippen LogP contribution in [0.3, 0.4) is 0 Å². The van der Waals surface area contributed by atoms with E-state index in [1.54, 1.807) is 38.3 Å². The Labute approximate surface area is 140 Å². The van der Waals surface area contributed by atoms with Crippen LogP contribution >= 0.6 is 0 Å². The highest BCUT2D eigenvalue weighted by Gasteiger charge is 2.05. The van der Waals surface area contributed by atoms with Crippen molar-refractivity contribution >= 4 is 17.5 Å². The Morgan fingerprint density at radius 1 is 0.875 bits per heavy atom. The van der Waals surface area contributed by atoms with Crippen LogP contribution in [0.1, 0.15) is 13.3 Å². The maximum Gasteiger partial charge on any atom is 0.243 e.